The number of hydrogen-bond acceptors (Lipinski definition) is 2. The molecule has 0 spiro atoms. The van der Waals surface area contributed by atoms with E-state index in [-0.39, 0.29) is 0 Å². The maximum atomic E-state index is 4.51. The molecule has 0 bridgehead atoms. The van der Waals surface area contributed by atoms with Crippen LogP contribution in [0.2, 0.25) is 0 Å². The van der Waals surface area contributed by atoms with Gasteiger partial charge in [-0.1, -0.05) is 13.8 Å². The molecule has 0 radical (unpaired) electrons. The number of imidazole rings is 1. The van der Waals surface area contributed by atoms with Crippen molar-refractivity contribution in [2.24, 2.45) is 0 Å². The van der Waals surface area contributed by atoms with Gasteiger partial charge >= 0.3 is 0 Å². The minimum atomic E-state index is 0.488. The third kappa shape index (κ3) is 2.64. The van der Waals surface area contributed by atoms with Crippen LogP contribution in [0.4, 0.5) is 0 Å². The molecule has 1 aromatic rings. The van der Waals surface area contributed by atoms with Gasteiger partial charge in [0.05, 0.1) is 0 Å². The van der Waals surface area contributed by atoms with Gasteiger partial charge in [-0.15, -0.1) is 0 Å². The fourth-order valence-electron chi connectivity index (χ4n) is 2.14. The molecule has 0 saturated heterocycles. The van der Waals surface area contributed by atoms with Crippen LogP contribution >= 0.6 is 0 Å². The highest BCUT2D eigenvalue weighted by molar-refractivity contribution is 5.03. The van der Waals surface area contributed by atoms with Gasteiger partial charge in [0.25, 0.3) is 0 Å². The highest BCUT2D eigenvalue weighted by Crippen LogP contribution is 2.24. The minimum absolute atomic E-state index is 0.488. The van der Waals surface area contributed by atoms with Gasteiger partial charge in [0.2, 0.25) is 0 Å². The van der Waals surface area contributed by atoms with Crippen molar-refractivity contribution in [2.45, 2.75) is 64.6 Å². The van der Waals surface area contributed by atoms with Crippen LogP contribution in [0.3, 0.4) is 0 Å². The normalized spacial score (nSPS) is 19.7. The predicted molar refractivity (Wildman–Crippen MR) is 66.6 cm³/mol. The molecule has 0 amide bonds. The second-order valence-corrected chi connectivity index (χ2v) is 5.00. The third-order valence-corrected chi connectivity index (χ3v) is 3.45. The number of rotatable bonds is 6. The molecule has 2 atom stereocenters. The lowest BCUT2D eigenvalue weighted by Gasteiger charge is -2.21. The van der Waals surface area contributed by atoms with E-state index < -0.39 is 0 Å². The summed E-state index contributed by atoms with van der Waals surface area (Å²) in [6.07, 6.45) is 7.88. The van der Waals surface area contributed by atoms with Crippen molar-refractivity contribution in [3.05, 3.63) is 18.2 Å². The largest absolute Gasteiger partial charge is 0.335 e. The van der Waals surface area contributed by atoms with Crippen molar-refractivity contribution < 1.29 is 0 Å². The van der Waals surface area contributed by atoms with E-state index in [0.717, 1.165) is 12.6 Å². The molecule has 3 nitrogen and oxygen atoms in total. The topological polar surface area (TPSA) is 29.9 Å². The van der Waals surface area contributed by atoms with Crippen LogP contribution in [0.25, 0.3) is 0 Å². The molecular weight excluding hydrogens is 198 g/mol. The quantitative estimate of drug-likeness (QED) is 0.800. The molecule has 1 aliphatic carbocycles. The highest BCUT2D eigenvalue weighted by Gasteiger charge is 2.26. The Hall–Kier alpha value is -0.830. The maximum Gasteiger partial charge on any atom is 0.113 e. The number of aryl methyl sites for hydroxylation is 1. The average molecular weight is 221 g/mol. The van der Waals surface area contributed by atoms with Gasteiger partial charge in [0.1, 0.15) is 5.82 Å². The zero-order chi connectivity index (χ0) is 11.5. The van der Waals surface area contributed by atoms with Crippen molar-refractivity contribution in [2.75, 3.05) is 0 Å². The van der Waals surface area contributed by atoms with E-state index >= 15 is 0 Å². The fraction of sp³-hybridized carbons (Fsp3) is 0.769. The molecular formula is C13H23N3. The summed E-state index contributed by atoms with van der Waals surface area (Å²) < 4.78 is 2.29. The zero-order valence-corrected chi connectivity index (χ0v) is 10.6. The van der Waals surface area contributed by atoms with Gasteiger partial charge in [-0.05, 0) is 26.2 Å². The van der Waals surface area contributed by atoms with Crippen molar-refractivity contribution in [1.82, 2.24) is 14.9 Å². The van der Waals surface area contributed by atoms with E-state index in [9.17, 15) is 0 Å². The number of hydrogen-bond donors (Lipinski definition) is 1. The van der Waals surface area contributed by atoms with E-state index in [2.05, 4.69) is 41.8 Å². The first-order valence-corrected chi connectivity index (χ1v) is 6.49. The minimum Gasteiger partial charge on any atom is -0.335 e. The Morgan fingerprint density at radius 1 is 1.50 bits per heavy atom. The first-order valence-electron chi connectivity index (χ1n) is 6.49. The third-order valence-electron chi connectivity index (χ3n) is 3.45. The van der Waals surface area contributed by atoms with E-state index in [0.29, 0.717) is 12.0 Å². The van der Waals surface area contributed by atoms with Gasteiger partial charge in [-0.25, -0.2) is 4.98 Å². The lowest BCUT2D eigenvalue weighted by atomic mass is 10.0. The SMILES string of the molecule is CCCn1ccnc1C(C)C(C)NC1CC1. The lowest BCUT2D eigenvalue weighted by molar-refractivity contribution is 0.447. The molecule has 1 N–H and O–H groups in total. The summed E-state index contributed by atoms with van der Waals surface area (Å²) in [5.41, 5.74) is 0. The summed E-state index contributed by atoms with van der Waals surface area (Å²) in [4.78, 5) is 4.51. The molecule has 1 heterocycles. The molecule has 0 aromatic carbocycles. The highest BCUT2D eigenvalue weighted by atomic mass is 15.1. The molecule has 1 fully saturated rings. The summed E-state index contributed by atoms with van der Waals surface area (Å²) in [6, 6.07) is 1.29. The molecule has 90 valence electrons. The summed E-state index contributed by atoms with van der Waals surface area (Å²) in [7, 11) is 0. The summed E-state index contributed by atoms with van der Waals surface area (Å²) in [5.74, 6) is 1.71. The molecule has 1 saturated carbocycles. The zero-order valence-electron chi connectivity index (χ0n) is 10.6. The number of nitrogens with one attached hydrogen (secondary N) is 1. The Morgan fingerprint density at radius 2 is 2.25 bits per heavy atom. The Bertz CT molecular complexity index is 328. The van der Waals surface area contributed by atoms with E-state index in [1.165, 1.54) is 25.1 Å². The predicted octanol–water partition coefficient (Wildman–Crippen LogP) is 2.54. The van der Waals surface area contributed by atoms with Gasteiger partial charge in [0, 0.05) is 36.9 Å². The van der Waals surface area contributed by atoms with Crippen molar-refractivity contribution in [3.8, 4) is 0 Å². The van der Waals surface area contributed by atoms with Crippen LogP contribution in [-0.4, -0.2) is 21.6 Å². The molecule has 1 aromatic heterocycles. The van der Waals surface area contributed by atoms with E-state index in [1.54, 1.807) is 0 Å². The second-order valence-electron chi connectivity index (χ2n) is 5.00. The van der Waals surface area contributed by atoms with Crippen LogP contribution in [-0.2, 0) is 6.54 Å². The molecule has 2 unspecified atom stereocenters. The Kier molecular flexibility index (Phi) is 3.64. The first-order chi connectivity index (χ1) is 7.72. The maximum absolute atomic E-state index is 4.51. The van der Waals surface area contributed by atoms with Crippen molar-refractivity contribution >= 4 is 0 Å². The van der Waals surface area contributed by atoms with Crippen LogP contribution in [0.1, 0.15) is 51.8 Å². The smallest absolute Gasteiger partial charge is 0.113 e. The van der Waals surface area contributed by atoms with Crippen LogP contribution < -0.4 is 5.32 Å². The monoisotopic (exact) mass is 221 g/mol. The van der Waals surface area contributed by atoms with Crippen LogP contribution in [0.15, 0.2) is 12.4 Å². The van der Waals surface area contributed by atoms with Crippen LogP contribution in [0.5, 0.6) is 0 Å². The fourth-order valence-corrected chi connectivity index (χ4v) is 2.14. The second kappa shape index (κ2) is 5.00. The first kappa shape index (κ1) is 11.6. The molecule has 3 heteroatoms. The van der Waals surface area contributed by atoms with Crippen molar-refractivity contribution in [1.29, 1.82) is 0 Å². The van der Waals surface area contributed by atoms with Crippen molar-refractivity contribution in [3.63, 3.8) is 0 Å². The van der Waals surface area contributed by atoms with E-state index in [1.807, 2.05) is 6.20 Å². The Balaban J connectivity index is 1.99. The van der Waals surface area contributed by atoms with Gasteiger partial charge in [0.15, 0.2) is 0 Å². The van der Waals surface area contributed by atoms with E-state index in [4.69, 9.17) is 0 Å². The van der Waals surface area contributed by atoms with Crippen LogP contribution in [0, 0.1) is 0 Å². The van der Waals surface area contributed by atoms with Gasteiger partial charge < -0.3 is 9.88 Å². The Labute approximate surface area is 98.3 Å². The molecule has 16 heavy (non-hydrogen) atoms. The van der Waals surface area contributed by atoms with Gasteiger partial charge in [-0.3, -0.25) is 0 Å². The number of nitrogens with zero attached hydrogens (tertiary/aromatic N) is 2. The summed E-state index contributed by atoms with van der Waals surface area (Å²) in [5, 5.41) is 3.66. The molecule has 2 rings (SSSR count). The molecule has 0 aliphatic heterocycles. The molecule has 1 aliphatic rings. The lowest BCUT2D eigenvalue weighted by Crippen LogP contribution is -2.33. The van der Waals surface area contributed by atoms with Gasteiger partial charge in [-0.2, -0.15) is 0 Å². The summed E-state index contributed by atoms with van der Waals surface area (Å²) >= 11 is 0. The Morgan fingerprint density at radius 3 is 2.88 bits per heavy atom. The average Bonchev–Trinajstić information content (AvgIpc) is 2.95. The summed E-state index contributed by atoms with van der Waals surface area (Å²) in [6.45, 7) is 7.83. The number of aromatic nitrogens is 2. The standard InChI is InChI=1S/C13H23N3/c1-4-8-16-9-7-14-13(16)10(2)11(3)15-12-5-6-12/h7,9-12,15H,4-6,8H2,1-3H3.